The molecule has 5 nitrogen and oxygen atoms in total. The van der Waals surface area contributed by atoms with Crippen LogP contribution < -0.4 is 0 Å². The van der Waals surface area contributed by atoms with Crippen molar-refractivity contribution < 1.29 is 12.9 Å². The summed E-state index contributed by atoms with van der Waals surface area (Å²) in [5, 5.41) is 4.03. The van der Waals surface area contributed by atoms with Crippen LogP contribution in [0.25, 0.3) is 0 Å². The number of hydrogen-bond acceptors (Lipinski definition) is 4. The first-order valence-corrected chi connectivity index (χ1v) is 9.56. The normalized spacial score (nSPS) is 21.7. The van der Waals surface area contributed by atoms with E-state index in [-0.39, 0.29) is 6.04 Å². The first-order valence-electron chi connectivity index (χ1n) is 8.12. The fourth-order valence-electron chi connectivity index (χ4n) is 3.71. The number of sulfonamides is 1. The summed E-state index contributed by atoms with van der Waals surface area (Å²) in [6.07, 6.45) is 4.78. The zero-order chi connectivity index (χ0) is 16.0. The lowest BCUT2D eigenvalue weighted by molar-refractivity contribution is 0.349. The van der Waals surface area contributed by atoms with Crippen molar-refractivity contribution in [3.8, 4) is 0 Å². The Morgan fingerprint density at radius 3 is 2.78 bits per heavy atom. The average Bonchev–Trinajstić information content (AvgIpc) is 3.26. The summed E-state index contributed by atoms with van der Waals surface area (Å²) in [6, 6.07) is 7.21. The Labute approximate surface area is 136 Å². The highest BCUT2D eigenvalue weighted by atomic mass is 32.2. The van der Waals surface area contributed by atoms with Crippen LogP contribution >= 0.6 is 0 Å². The molecule has 1 fully saturated rings. The topological polar surface area (TPSA) is 63.4 Å². The molecule has 1 aliphatic heterocycles. The van der Waals surface area contributed by atoms with E-state index in [9.17, 15) is 8.42 Å². The molecule has 2 heterocycles. The number of aryl methyl sites for hydroxylation is 3. The number of hydrogen-bond donors (Lipinski definition) is 0. The minimum atomic E-state index is -3.50. The molecule has 0 bridgehead atoms. The number of rotatable bonds is 3. The number of aromatic nitrogens is 1. The van der Waals surface area contributed by atoms with Gasteiger partial charge in [0.15, 0.2) is 0 Å². The standard InChI is InChI=1S/C17H20N2O3S/c1-12-10-16(18-22-12)17-6-3-9-19(17)23(20,21)15-8-7-13-4-2-5-14(13)11-15/h7-8,10-11,17H,2-6,9H2,1H3. The van der Waals surface area contributed by atoms with Gasteiger partial charge in [-0.25, -0.2) is 8.42 Å². The zero-order valence-corrected chi connectivity index (χ0v) is 14.0. The maximum Gasteiger partial charge on any atom is 0.243 e. The van der Waals surface area contributed by atoms with Crippen LogP contribution in [0.5, 0.6) is 0 Å². The Morgan fingerprint density at radius 2 is 2.00 bits per heavy atom. The van der Waals surface area contributed by atoms with Crippen molar-refractivity contribution in [3.05, 3.63) is 46.8 Å². The first-order chi connectivity index (χ1) is 11.1. The van der Waals surface area contributed by atoms with Crippen molar-refractivity contribution in [2.45, 2.75) is 50.0 Å². The van der Waals surface area contributed by atoms with Gasteiger partial charge in [0.1, 0.15) is 11.5 Å². The van der Waals surface area contributed by atoms with Gasteiger partial charge in [-0.15, -0.1) is 0 Å². The lowest BCUT2D eigenvalue weighted by Crippen LogP contribution is -2.31. The van der Waals surface area contributed by atoms with Gasteiger partial charge >= 0.3 is 0 Å². The molecule has 23 heavy (non-hydrogen) atoms. The third-order valence-corrected chi connectivity index (χ3v) is 6.77. The second-order valence-corrected chi connectivity index (χ2v) is 8.31. The number of fused-ring (bicyclic) bond motifs is 1. The molecular weight excluding hydrogens is 312 g/mol. The maximum absolute atomic E-state index is 13.1. The third-order valence-electron chi connectivity index (χ3n) is 4.87. The highest BCUT2D eigenvalue weighted by Crippen LogP contribution is 2.37. The summed E-state index contributed by atoms with van der Waals surface area (Å²) in [4.78, 5) is 0.408. The Morgan fingerprint density at radius 1 is 1.17 bits per heavy atom. The molecule has 1 saturated heterocycles. The monoisotopic (exact) mass is 332 g/mol. The quantitative estimate of drug-likeness (QED) is 0.867. The fourth-order valence-corrected chi connectivity index (χ4v) is 5.43. The molecule has 0 spiro atoms. The van der Waals surface area contributed by atoms with Crippen LogP contribution in [0, 0.1) is 6.92 Å². The van der Waals surface area contributed by atoms with Gasteiger partial charge in [0.2, 0.25) is 10.0 Å². The summed E-state index contributed by atoms with van der Waals surface area (Å²) in [5.41, 5.74) is 3.18. The second kappa shape index (κ2) is 5.46. The summed E-state index contributed by atoms with van der Waals surface area (Å²) in [7, 11) is -3.50. The Balaban J connectivity index is 1.70. The van der Waals surface area contributed by atoms with Crippen LogP contribution in [0.2, 0.25) is 0 Å². The van der Waals surface area contributed by atoms with E-state index in [1.165, 1.54) is 11.1 Å². The maximum atomic E-state index is 13.1. The van der Waals surface area contributed by atoms with Crippen LogP contribution in [0.15, 0.2) is 33.7 Å². The third kappa shape index (κ3) is 2.50. The predicted octanol–water partition coefficient (Wildman–Crippen LogP) is 3.00. The van der Waals surface area contributed by atoms with Crippen LogP contribution in [-0.2, 0) is 22.9 Å². The molecule has 1 atom stereocenters. The molecule has 2 aromatic rings. The largest absolute Gasteiger partial charge is 0.361 e. The lowest BCUT2D eigenvalue weighted by atomic mass is 10.1. The predicted molar refractivity (Wildman–Crippen MR) is 85.6 cm³/mol. The molecule has 1 aliphatic carbocycles. The summed E-state index contributed by atoms with van der Waals surface area (Å²) in [6.45, 7) is 2.36. The van der Waals surface area contributed by atoms with Gasteiger partial charge in [-0.05, 0) is 62.3 Å². The molecule has 0 saturated carbocycles. The van der Waals surface area contributed by atoms with E-state index in [0.29, 0.717) is 22.9 Å². The van der Waals surface area contributed by atoms with Gasteiger partial charge in [0.25, 0.3) is 0 Å². The SMILES string of the molecule is Cc1cc(C2CCCN2S(=O)(=O)c2ccc3c(c2)CCC3)no1. The van der Waals surface area contributed by atoms with E-state index >= 15 is 0 Å². The molecular formula is C17H20N2O3S. The van der Waals surface area contributed by atoms with Crippen LogP contribution in [-0.4, -0.2) is 24.4 Å². The van der Waals surface area contributed by atoms with Crippen LogP contribution in [0.3, 0.4) is 0 Å². The Kier molecular flexibility index (Phi) is 3.54. The van der Waals surface area contributed by atoms with Crippen LogP contribution in [0.4, 0.5) is 0 Å². The van der Waals surface area contributed by atoms with Crippen molar-refractivity contribution >= 4 is 10.0 Å². The molecule has 6 heteroatoms. The second-order valence-electron chi connectivity index (χ2n) is 6.42. The molecule has 0 amide bonds. The molecule has 1 aromatic heterocycles. The van der Waals surface area contributed by atoms with Gasteiger partial charge in [0, 0.05) is 12.6 Å². The highest BCUT2D eigenvalue weighted by Gasteiger charge is 2.38. The van der Waals surface area contributed by atoms with Gasteiger partial charge in [-0.1, -0.05) is 11.2 Å². The molecule has 4 rings (SSSR count). The fraction of sp³-hybridized carbons (Fsp3) is 0.471. The number of nitrogens with zero attached hydrogens (tertiary/aromatic N) is 2. The molecule has 0 radical (unpaired) electrons. The average molecular weight is 332 g/mol. The highest BCUT2D eigenvalue weighted by molar-refractivity contribution is 7.89. The van der Waals surface area contributed by atoms with Crippen molar-refractivity contribution in [2.24, 2.45) is 0 Å². The summed E-state index contributed by atoms with van der Waals surface area (Å²) in [5.74, 6) is 0.710. The minimum Gasteiger partial charge on any atom is -0.361 e. The van der Waals surface area contributed by atoms with Crippen molar-refractivity contribution in [3.63, 3.8) is 0 Å². The van der Waals surface area contributed by atoms with Gasteiger partial charge in [-0.3, -0.25) is 0 Å². The van der Waals surface area contributed by atoms with Gasteiger partial charge in [0.05, 0.1) is 10.9 Å². The molecule has 122 valence electrons. The van der Waals surface area contributed by atoms with E-state index in [2.05, 4.69) is 5.16 Å². The molecule has 2 aliphatic rings. The summed E-state index contributed by atoms with van der Waals surface area (Å²) >= 11 is 0. The Bertz CT molecular complexity index is 841. The number of benzene rings is 1. The Hall–Kier alpha value is -1.66. The smallest absolute Gasteiger partial charge is 0.243 e. The van der Waals surface area contributed by atoms with Crippen molar-refractivity contribution in [1.29, 1.82) is 0 Å². The van der Waals surface area contributed by atoms with Crippen molar-refractivity contribution in [1.82, 2.24) is 9.46 Å². The molecule has 0 N–H and O–H groups in total. The van der Waals surface area contributed by atoms with E-state index in [0.717, 1.165) is 32.1 Å². The van der Waals surface area contributed by atoms with E-state index in [4.69, 9.17) is 4.52 Å². The van der Waals surface area contributed by atoms with Gasteiger partial charge in [-0.2, -0.15) is 4.31 Å². The molecule has 1 aromatic carbocycles. The minimum absolute atomic E-state index is 0.217. The van der Waals surface area contributed by atoms with Crippen LogP contribution in [0.1, 0.15) is 47.9 Å². The first kappa shape index (κ1) is 14.9. The van der Waals surface area contributed by atoms with Crippen molar-refractivity contribution in [2.75, 3.05) is 6.54 Å². The molecule has 1 unspecified atom stereocenters. The van der Waals surface area contributed by atoms with E-state index in [1.807, 2.05) is 25.1 Å². The lowest BCUT2D eigenvalue weighted by Gasteiger charge is -2.22. The van der Waals surface area contributed by atoms with E-state index in [1.54, 1.807) is 10.4 Å². The van der Waals surface area contributed by atoms with Gasteiger partial charge < -0.3 is 4.52 Å². The summed E-state index contributed by atoms with van der Waals surface area (Å²) < 4.78 is 32.9. The zero-order valence-electron chi connectivity index (χ0n) is 13.2. The van der Waals surface area contributed by atoms with E-state index < -0.39 is 10.0 Å².